The highest BCUT2D eigenvalue weighted by atomic mass is 16.7. The number of fused-ring (bicyclic) bond motifs is 1. The van der Waals surface area contributed by atoms with Crippen LogP contribution in [0.1, 0.15) is 11.1 Å². The first-order valence-corrected chi connectivity index (χ1v) is 6.34. The third-order valence-corrected chi connectivity index (χ3v) is 3.08. The first kappa shape index (κ1) is 12.5. The smallest absolute Gasteiger partial charge is 0.231 e. The van der Waals surface area contributed by atoms with Gasteiger partial charge in [-0.05, 0) is 30.7 Å². The summed E-state index contributed by atoms with van der Waals surface area (Å²) >= 11 is 0. The lowest BCUT2D eigenvalue weighted by Crippen LogP contribution is -1.92. The van der Waals surface area contributed by atoms with Crippen molar-refractivity contribution >= 4 is 11.9 Å². The van der Waals surface area contributed by atoms with Crippen LogP contribution in [0.15, 0.2) is 41.4 Å². The van der Waals surface area contributed by atoms with Crippen LogP contribution in [-0.2, 0) is 0 Å². The van der Waals surface area contributed by atoms with Gasteiger partial charge in [-0.2, -0.15) is 0 Å². The SMILES string of the molecule is COc1cc2c(cc1C=Nc1cccc(C)c1)OCO2. The van der Waals surface area contributed by atoms with Crippen molar-refractivity contribution in [3.05, 3.63) is 47.5 Å². The van der Waals surface area contributed by atoms with Gasteiger partial charge in [-0.3, -0.25) is 4.99 Å². The molecule has 3 rings (SSSR count). The molecule has 1 heterocycles. The van der Waals surface area contributed by atoms with Crippen molar-refractivity contribution in [3.63, 3.8) is 0 Å². The second-order valence-corrected chi connectivity index (χ2v) is 4.54. The molecule has 4 nitrogen and oxygen atoms in total. The molecule has 0 aliphatic carbocycles. The first-order chi connectivity index (χ1) is 9.76. The number of hydrogen-bond acceptors (Lipinski definition) is 4. The third-order valence-electron chi connectivity index (χ3n) is 3.08. The number of aryl methyl sites for hydroxylation is 1. The normalized spacial score (nSPS) is 12.9. The molecule has 20 heavy (non-hydrogen) atoms. The van der Waals surface area contributed by atoms with Gasteiger partial charge in [0.15, 0.2) is 11.5 Å². The maximum atomic E-state index is 5.37. The summed E-state index contributed by atoms with van der Waals surface area (Å²) in [5.41, 5.74) is 2.94. The molecule has 0 unspecified atom stereocenters. The number of aliphatic imine (C=N–C) groups is 1. The molecule has 1 aliphatic heterocycles. The van der Waals surface area contributed by atoms with Crippen molar-refractivity contribution in [1.29, 1.82) is 0 Å². The lowest BCUT2D eigenvalue weighted by atomic mass is 10.2. The van der Waals surface area contributed by atoms with Crippen LogP contribution in [0.2, 0.25) is 0 Å². The van der Waals surface area contributed by atoms with E-state index in [1.807, 2.05) is 43.3 Å². The highest BCUT2D eigenvalue weighted by Crippen LogP contribution is 2.37. The molecular weight excluding hydrogens is 254 g/mol. The molecule has 4 heteroatoms. The van der Waals surface area contributed by atoms with E-state index in [0.717, 1.165) is 17.0 Å². The van der Waals surface area contributed by atoms with Crippen molar-refractivity contribution in [2.45, 2.75) is 6.92 Å². The van der Waals surface area contributed by atoms with Gasteiger partial charge in [-0.25, -0.2) is 0 Å². The summed E-state index contributed by atoms with van der Waals surface area (Å²) in [4.78, 5) is 4.47. The van der Waals surface area contributed by atoms with Crippen LogP contribution < -0.4 is 14.2 Å². The maximum Gasteiger partial charge on any atom is 0.231 e. The molecule has 0 bridgehead atoms. The van der Waals surface area contributed by atoms with Crippen LogP contribution in [-0.4, -0.2) is 20.1 Å². The Morgan fingerprint density at radius 1 is 1.15 bits per heavy atom. The largest absolute Gasteiger partial charge is 0.496 e. The van der Waals surface area contributed by atoms with Gasteiger partial charge >= 0.3 is 0 Å². The fourth-order valence-corrected chi connectivity index (χ4v) is 2.07. The Hall–Kier alpha value is -2.49. The summed E-state index contributed by atoms with van der Waals surface area (Å²) in [6, 6.07) is 11.7. The van der Waals surface area contributed by atoms with E-state index < -0.39 is 0 Å². The molecule has 0 saturated heterocycles. The topological polar surface area (TPSA) is 40.0 Å². The Morgan fingerprint density at radius 3 is 2.70 bits per heavy atom. The monoisotopic (exact) mass is 269 g/mol. The van der Waals surface area contributed by atoms with Crippen LogP contribution in [0.3, 0.4) is 0 Å². The highest BCUT2D eigenvalue weighted by Gasteiger charge is 2.16. The van der Waals surface area contributed by atoms with Crippen LogP contribution in [0.5, 0.6) is 17.2 Å². The van der Waals surface area contributed by atoms with E-state index in [2.05, 4.69) is 4.99 Å². The molecule has 1 aliphatic rings. The van der Waals surface area contributed by atoms with Crippen molar-refractivity contribution in [3.8, 4) is 17.2 Å². The summed E-state index contributed by atoms with van der Waals surface area (Å²) in [6.45, 7) is 2.29. The quantitative estimate of drug-likeness (QED) is 0.801. The molecule has 0 fully saturated rings. The van der Waals surface area contributed by atoms with Crippen molar-refractivity contribution in [2.75, 3.05) is 13.9 Å². The maximum absolute atomic E-state index is 5.37. The van der Waals surface area contributed by atoms with E-state index in [4.69, 9.17) is 14.2 Å². The fourth-order valence-electron chi connectivity index (χ4n) is 2.07. The van der Waals surface area contributed by atoms with Crippen LogP contribution >= 0.6 is 0 Å². The summed E-state index contributed by atoms with van der Waals surface area (Å²) in [6.07, 6.45) is 1.77. The zero-order chi connectivity index (χ0) is 13.9. The number of rotatable bonds is 3. The van der Waals surface area contributed by atoms with Crippen LogP contribution in [0, 0.1) is 6.92 Å². The highest BCUT2D eigenvalue weighted by molar-refractivity contribution is 5.87. The number of nitrogens with zero attached hydrogens (tertiary/aromatic N) is 1. The predicted molar refractivity (Wildman–Crippen MR) is 77.6 cm³/mol. The summed E-state index contributed by atoms with van der Waals surface area (Å²) in [5, 5.41) is 0. The van der Waals surface area contributed by atoms with Gasteiger partial charge in [-0.15, -0.1) is 0 Å². The number of benzene rings is 2. The molecule has 0 N–H and O–H groups in total. The van der Waals surface area contributed by atoms with Gasteiger partial charge in [0.25, 0.3) is 0 Å². The lowest BCUT2D eigenvalue weighted by molar-refractivity contribution is 0.174. The summed E-state index contributed by atoms with van der Waals surface area (Å²) < 4.78 is 16.1. The Kier molecular flexibility index (Phi) is 3.29. The second kappa shape index (κ2) is 5.25. The van der Waals surface area contributed by atoms with E-state index in [-0.39, 0.29) is 6.79 Å². The molecule has 0 atom stereocenters. The Morgan fingerprint density at radius 2 is 1.95 bits per heavy atom. The van der Waals surface area contributed by atoms with Gasteiger partial charge in [0.05, 0.1) is 12.8 Å². The molecule has 0 aromatic heterocycles. The second-order valence-electron chi connectivity index (χ2n) is 4.54. The fraction of sp³-hybridized carbons (Fsp3) is 0.188. The third kappa shape index (κ3) is 2.45. The standard InChI is InChI=1S/C16H15NO3/c1-11-4-3-5-13(6-11)17-9-12-7-15-16(20-10-19-15)8-14(12)18-2/h3-9H,10H2,1-2H3. The van der Waals surface area contributed by atoms with Gasteiger partial charge in [0.1, 0.15) is 5.75 Å². The van der Waals surface area contributed by atoms with E-state index in [1.165, 1.54) is 5.56 Å². The predicted octanol–water partition coefficient (Wildman–Crippen LogP) is 3.48. The van der Waals surface area contributed by atoms with E-state index in [1.54, 1.807) is 13.3 Å². The van der Waals surface area contributed by atoms with Crippen LogP contribution in [0.4, 0.5) is 5.69 Å². The van der Waals surface area contributed by atoms with E-state index in [0.29, 0.717) is 11.5 Å². The zero-order valence-electron chi connectivity index (χ0n) is 11.4. The lowest BCUT2D eigenvalue weighted by Gasteiger charge is -2.06. The van der Waals surface area contributed by atoms with Gasteiger partial charge in [0, 0.05) is 17.8 Å². The minimum Gasteiger partial charge on any atom is -0.496 e. The molecule has 0 spiro atoms. The number of ether oxygens (including phenoxy) is 3. The Labute approximate surface area is 117 Å². The molecule has 2 aromatic carbocycles. The molecule has 0 radical (unpaired) electrons. The molecule has 0 saturated carbocycles. The number of methoxy groups -OCH3 is 1. The van der Waals surface area contributed by atoms with Crippen molar-refractivity contribution in [2.24, 2.45) is 4.99 Å². The van der Waals surface area contributed by atoms with Crippen molar-refractivity contribution in [1.82, 2.24) is 0 Å². The summed E-state index contributed by atoms with van der Waals surface area (Å²) in [5.74, 6) is 2.14. The average molecular weight is 269 g/mol. The Balaban J connectivity index is 1.94. The van der Waals surface area contributed by atoms with Gasteiger partial charge in [-0.1, -0.05) is 12.1 Å². The molecule has 0 amide bonds. The molecule has 102 valence electrons. The molecular formula is C16H15NO3. The minimum absolute atomic E-state index is 0.247. The molecule has 2 aromatic rings. The van der Waals surface area contributed by atoms with Crippen LogP contribution in [0.25, 0.3) is 0 Å². The van der Waals surface area contributed by atoms with Gasteiger partial charge < -0.3 is 14.2 Å². The zero-order valence-corrected chi connectivity index (χ0v) is 11.4. The summed E-state index contributed by atoms with van der Waals surface area (Å²) in [7, 11) is 1.63. The van der Waals surface area contributed by atoms with E-state index >= 15 is 0 Å². The first-order valence-electron chi connectivity index (χ1n) is 6.34. The van der Waals surface area contributed by atoms with E-state index in [9.17, 15) is 0 Å². The van der Waals surface area contributed by atoms with Crippen molar-refractivity contribution < 1.29 is 14.2 Å². The minimum atomic E-state index is 0.247. The Bertz CT molecular complexity index is 665. The van der Waals surface area contributed by atoms with Gasteiger partial charge in [0.2, 0.25) is 6.79 Å². The number of hydrogen-bond donors (Lipinski definition) is 0. The average Bonchev–Trinajstić information content (AvgIpc) is 2.91.